The van der Waals surface area contributed by atoms with Crippen LogP contribution in [-0.4, -0.2) is 88.6 Å². The summed E-state index contributed by atoms with van der Waals surface area (Å²) in [5, 5.41) is 10.3. The highest BCUT2D eigenvalue weighted by atomic mass is 19.1. The van der Waals surface area contributed by atoms with E-state index in [1.54, 1.807) is 24.7 Å². The Kier molecular flexibility index (Phi) is 8.53. The fraction of sp³-hybridized carbons (Fsp3) is 0.276. The number of likely N-dealkylation sites (N-methyl/N-ethyl adjacent to an activating group) is 1. The number of likely N-dealkylation sites (tertiary alicyclic amines) is 1. The number of para-hydroxylation sites is 1. The average molecular weight is 542 g/mol. The van der Waals surface area contributed by atoms with Gasteiger partial charge in [-0.05, 0) is 38.4 Å². The topological polar surface area (TPSA) is 111 Å². The van der Waals surface area contributed by atoms with Crippen LogP contribution in [0.5, 0.6) is 0 Å². The summed E-state index contributed by atoms with van der Waals surface area (Å²) in [6.45, 7) is 2.47. The van der Waals surface area contributed by atoms with Crippen LogP contribution in [0.2, 0.25) is 0 Å². The lowest BCUT2D eigenvalue weighted by molar-refractivity contribution is -0.111. The molecule has 0 bridgehead atoms. The van der Waals surface area contributed by atoms with E-state index >= 15 is 0 Å². The van der Waals surface area contributed by atoms with E-state index in [1.807, 2.05) is 61.5 Å². The molecule has 4 heterocycles. The number of aromatic nitrogens is 4. The Labute approximate surface area is 232 Å². The first-order valence-electron chi connectivity index (χ1n) is 13.1. The summed E-state index contributed by atoms with van der Waals surface area (Å²) in [6.07, 6.45) is 8.48. The van der Waals surface area contributed by atoms with Gasteiger partial charge in [-0.1, -0.05) is 24.3 Å². The van der Waals surface area contributed by atoms with Crippen molar-refractivity contribution in [2.45, 2.75) is 6.04 Å². The van der Waals surface area contributed by atoms with Crippen LogP contribution in [0.4, 0.5) is 27.5 Å². The first-order valence-corrected chi connectivity index (χ1v) is 13.1. The van der Waals surface area contributed by atoms with Gasteiger partial charge in [-0.25, -0.2) is 19.3 Å². The minimum Gasteiger partial charge on any atom is -0.365 e. The Morgan fingerprint density at radius 2 is 1.98 bits per heavy atom. The van der Waals surface area contributed by atoms with E-state index in [4.69, 9.17) is 4.98 Å². The van der Waals surface area contributed by atoms with Gasteiger partial charge in [0.1, 0.15) is 12.5 Å². The van der Waals surface area contributed by atoms with E-state index in [-0.39, 0.29) is 18.6 Å². The maximum absolute atomic E-state index is 12.4. The number of alkyl halides is 1. The number of nitrogens with one attached hydrogen (secondary N) is 3. The number of carbonyl (C=O) groups excluding carboxylic acids is 1. The summed E-state index contributed by atoms with van der Waals surface area (Å²) in [5.41, 5.74) is 3.63. The average Bonchev–Trinajstić information content (AvgIpc) is 2.92. The van der Waals surface area contributed by atoms with Crippen molar-refractivity contribution in [1.82, 2.24) is 29.7 Å². The van der Waals surface area contributed by atoms with Crippen molar-refractivity contribution in [2.24, 2.45) is 0 Å². The minimum absolute atomic E-state index is 0.202. The van der Waals surface area contributed by atoms with Gasteiger partial charge in [-0.2, -0.15) is 0 Å². The lowest BCUT2D eigenvalue weighted by atomic mass is 10.1. The second-order valence-electron chi connectivity index (χ2n) is 9.87. The Balaban J connectivity index is 1.28. The predicted octanol–water partition coefficient (Wildman–Crippen LogP) is 3.95. The van der Waals surface area contributed by atoms with Crippen molar-refractivity contribution in [3.8, 4) is 11.3 Å². The molecule has 0 aliphatic carbocycles. The van der Waals surface area contributed by atoms with Crippen LogP contribution in [-0.2, 0) is 4.79 Å². The number of halogens is 1. The number of fused-ring (bicyclic) bond motifs is 1. The summed E-state index contributed by atoms with van der Waals surface area (Å²) < 4.78 is 12.4. The molecule has 1 aromatic carbocycles. The Bertz CT molecular complexity index is 1490. The summed E-state index contributed by atoms with van der Waals surface area (Å²) in [7, 11) is 3.89. The monoisotopic (exact) mass is 541 g/mol. The van der Waals surface area contributed by atoms with Crippen LogP contribution in [0.3, 0.4) is 0 Å². The zero-order chi connectivity index (χ0) is 27.9. The molecule has 3 aromatic heterocycles. The molecule has 1 aliphatic heterocycles. The molecule has 1 aliphatic rings. The quantitative estimate of drug-likeness (QED) is 0.243. The Morgan fingerprint density at radius 3 is 2.75 bits per heavy atom. The van der Waals surface area contributed by atoms with Gasteiger partial charge in [-0.3, -0.25) is 14.7 Å². The number of hydrogen-bond acceptors (Lipinski definition) is 9. The van der Waals surface area contributed by atoms with E-state index in [2.05, 4.69) is 35.8 Å². The van der Waals surface area contributed by atoms with Crippen LogP contribution in [0.15, 0.2) is 73.2 Å². The van der Waals surface area contributed by atoms with Gasteiger partial charge in [0.25, 0.3) is 0 Å². The molecule has 0 saturated carbocycles. The van der Waals surface area contributed by atoms with Crippen LogP contribution in [0.1, 0.15) is 0 Å². The number of amides is 1. The molecule has 0 radical (unpaired) electrons. The predicted molar refractivity (Wildman–Crippen MR) is 156 cm³/mol. The molecule has 5 rings (SSSR count). The fourth-order valence-electron chi connectivity index (χ4n) is 4.39. The molecule has 4 aromatic rings. The molecule has 3 N–H and O–H groups in total. The van der Waals surface area contributed by atoms with Gasteiger partial charge < -0.3 is 20.9 Å². The minimum atomic E-state index is -0.319. The standard InChI is InChI=1S/C29H32FN9O/c1-38(2)13-4-7-27(40)35-21-10-12-31-25(15-21)24-6-3-5-20-16-33-29(37-28(20)24)36-22-8-9-26(32-17-22)34-23-18-39(19-23)14-11-30/h3-10,12,15-17,23H,11,13-14,18-19H2,1-2H3,(H,32,34)(H,31,35,40)(H,33,36,37). The third-order valence-electron chi connectivity index (χ3n) is 6.38. The van der Waals surface area contributed by atoms with Crippen LogP contribution < -0.4 is 16.0 Å². The molecule has 10 nitrogen and oxygen atoms in total. The fourth-order valence-corrected chi connectivity index (χ4v) is 4.39. The largest absolute Gasteiger partial charge is 0.365 e. The van der Waals surface area contributed by atoms with E-state index < -0.39 is 0 Å². The third-order valence-corrected chi connectivity index (χ3v) is 6.38. The molecular weight excluding hydrogens is 509 g/mol. The van der Waals surface area contributed by atoms with Gasteiger partial charge in [0.05, 0.1) is 29.1 Å². The van der Waals surface area contributed by atoms with Crippen molar-refractivity contribution < 1.29 is 9.18 Å². The molecule has 1 saturated heterocycles. The molecule has 0 unspecified atom stereocenters. The number of benzene rings is 1. The van der Waals surface area contributed by atoms with Crippen LogP contribution in [0.25, 0.3) is 22.2 Å². The zero-order valence-corrected chi connectivity index (χ0v) is 22.5. The molecule has 40 heavy (non-hydrogen) atoms. The van der Waals surface area contributed by atoms with E-state index in [0.29, 0.717) is 30.4 Å². The highest BCUT2D eigenvalue weighted by molar-refractivity contribution is 6.00. The lowest BCUT2D eigenvalue weighted by Crippen LogP contribution is -2.55. The smallest absolute Gasteiger partial charge is 0.248 e. The summed E-state index contributed by atoms with van der Waals surface area (Å²) in [5.74, 6) is 0.995. The van der Waals surface area contributed by atoms with Crippen molar-refractivity contribution in [3.05, 3.63) is 73.2 Å². The normalized spacial score (nSPS) is 14.0. The van der Waals surface area contributed by atoms with Gasteiger partial charge in [0.15, 0.2) is 0 Å². The van der Waals surface area contributed by atoms with Crippen molar-refractivity contribution in [3.63, 3.8) is 0 Å². The Hall–Kier alpha value is -4.48. The molecule has 206 valence electrons. The molecule has 1 fully saturated rings. The first-order chi connectivity index (χ1) is 19.5. The molecule has 0 spiro atoms. The molecular formula is C29H32FN9O. The number of anilines is 4. The second-order valence-corrected chi connectivity index (χ2v) is 9.87. The SMILES string of the molecule is CN(C)CC=CC(=O)Nc1ccnc(-c2cccc3cnc(Nc4ccc(NC5CN(CCF)C5)nc4)nc23)c1. The van der Waals surface area contributed by atoms with Crippen LogP contribution in [0, 0.1) is 0 Å². The zero-order valence-electron chi connectivity index (χ0n) is 22.5. The second kappa shape index (κ2) is 12.6. The van der Waals surface area contributed by atoms with Crippen molar-refractivity contribution >= 4 is 40.0 Å². The molecule has 11 heteroatoms. The van der Waals surface area contributed by atoms with Crippen molar-refractivity contribution in [2.75, 3.05) is 62.9 Å². The van der Waals surface area contributed by atoms with Crippen LogP contribution >= 0.6 is 0 Å². The number of hydrogen-bond donors (Lipinski definition) is 3. The Morgan fingerprint density at radius 1 is 1.10 bits per heavy atom. The third kappa shape index (κ3) is 6.93. The highest BCUT2D eigenvalue weighted by Crippen LogP contribution is 2.28. The van der Waals surface area contributed by atoms with Gasteiger partial charge in [0.2, 0.25) is 11.9 Å². The van der Waals surface area contributed by atoms with E-state index in [0.717, 1.165) is 41.1 Å². The summed E-state index contributed by atoms with van der Waals surface area (Å²) in [4.78, 5) is 34.6. The van der Waals surface area contributed by atoms with E-state index in [9.17, 15) is 9.18 Å². The molecule has 1 amide bonds. The van der Waals surface area contributed by atoms with Gasteiger partial charge >= 0.3 is 0 Å². The summed E-state index contributed by atoms with van der Waals surface area (Å²) >= 11 is 0. The highest BCUT2D eigenvalue weighted by Gasteiger charge is 2.26. The van der Waals surface area contributed by atoms with Gasteiger partial charge in [0, 0.05) is 61.3 Å². The number of rotatable bonds is 11. The lowest BCUT2D eigenvalue weighted by Gasteiger charge is -2.39. The summed E-state index contributed by atoms with van der Waals surface area (Å²) in [6, 6.07) is 13.5. The van der Waals surface area contributed by atoms with Gasteiger partial charge in [-0.15, -0.1) is 0 Å². The van der Waals surface area contributed by atoms with Crippen molar-refractivity contribution in [1.29, 1.82) is 0 Å². The number of nitrogens with zero attached hydrogens (tertiary/aromatic N) is 6. The maximum atomic E-state index is 12.4. The maximum Gasteiger partial charge on any atom is 0.248 e. The first kappa shape index (κ1) is 27.1. The number of pyridine rings is 2. The van der Waals surface area contributed by atoms with E-state index in [1.165, 1.54) is 6.08 Å². The molecule has 0 atom stereocenters. The number of carbonyl (C=O) groups is 1.